The molecule has 208 valence electrons. The molecule has 0 unspecified atom stereocenters. The van der Waals surface area contributed by atoms with Gasteiger partial charge in [-0.3, -0.25) is 9.59 Å². The number of benzene rings is 2. The van der Waals surface area contributed by atoms with Crippen LogP contribution >= 0.6 is 0 Å². The monoisotopic (exact) mass is 540 g/mol. The molecule has 0 amide bonds. The molecule has 39 heavy (non-hydrogen) atoms. The normalized spacial score (nSPS) is 17.7. The molecule has 1 N–H and O–H groups in total. The maximum absolute atomic E-state index is 13.6. The van der Waals surface area contributed by atoms with Gasteiger partial charge < -0.3 is 5.11 Å². The summed E-state index contributed by atoms with van der Waals surface area (Å²) in [4.78, 5) is 23.5. The summed E-state index contributed by atoms with van der Waals surface area (Å²) in [5.74, 6) is 0.0350. The van der Waals surface area contributed by atoms with Gasteiger partial charge in [-0.2, -0.15) is 18.3 Å². The molecule has 0 radical (unpaired) electrons. The first-order chi connectivity index (χ1) is 18.6. The van der Waals surface area contributed by atoms with Gasteiger partial charge in [0.15, 0.2) is 5.69 Å². The number of carboxylic acid groups (broad SMARTS) is 1. The number of carbonyl (C=O) groups is 2. The van der Waals surface area contributed by atoms with Gasteiger partial charge >= 0.3 is 12.1 Å². The first-order valence-electron chi connectivity index (χ1n) is 13.6. The number of hydrogen-bond donors (Lipinski definition) is 1. The number of aromatic nitrogens is 2. The number of unbranched alkanes of at least 4 members (excludes halogenated alkanes) is 1. The lowest BCUT2D eigenvalue weighted by Crippen LogP contribution is -2.16. The Morgan fingerprint density at radius 3 is 2.33 bits per heavy atom. The van der Waals surface area contributed by atoms with Gasteiger partial charge in [-0.1, -0.05) is 42.5 Å². The summed E-state index contributed by atoms with van der Waals surface area (Å²) in [5, 5.41) is 12.8. The van der Waals surface area contributed by atoms with Crippen LogP contribution in [0.2, 0.25) is 0 Å². The maximum atomic E-state index is 13.6. The lowest BCUT2D eigenvalue weighted by molar-refractivity contribution is -0.142. The van der Waals surface area contributed by atoms with Crippen LogP contribution in [-0.4, -0.2) is 26.6 Å². The van der Waals surface area contributed by atoms with Crippen LogP contribution in [0.5, 0.6) is 0 Å². The molecule has 5 nitrogen and oxygen atoms in total. The molecule has 0 aliphatic heterocycles. The molecule has 1 aliphatic rings. The average molecular weight is 541 g/mol. The Morgan fingerprint density at radius 1 is 1.00 bits per heavy atom. The number of aryl methyl sites for hydroxylation is 2. The Hall–Kier alpha value is -3.42. The second-order valence-corrected chi connectivity index (χ2v) is 10.7. The zero-order valence-electron chi connectivity index (χ0n) is 22.2. The van der Waals surface area contributed by atoms with Crippen LogP contribution in [0.25, 0.3) is 5.69 Å². The minimum Gasteiger partial charge on any atom is -0.481 e. The highest BCUT2D eigenvalue weighted by atomic mass is 19.4. The molecule has 2 aromatic carbocycles. The van der Waals surface area contributed by atoms with E-state index in [1.807, 2.05) is 31.2 Å². The predicted molar refractivity (Wildman–Crippen MR) is 143 cm³/mol. The molecule has 3 aromatic rings. The highest BCUT2D eigenvalue weighted by Gasteiger charge is 2.37. The predicted octanol–water partition coefficient (Wildman–Crippen LogP) is 7.47. The van der Waals surface area contributed by atoms with E-state index in [4.69, 9.17) is 5.11 Å². The first-order valence-corrected chi connectivity index (χ1v) is 13.6. The highest BCUT2D eigenvalue weighted by Crippen LogP contribution is 2.37. The molecule has 1 aliphatic carbocycles. The van der Waals surface area contributed by atoms with Crippen LogP contribution in [0.15, 0.2) is 54.7 Å². The first kappa shape index (κ1) is 28.6. The fourth-order valence-corrected chi connectivity index (χ4v) is 5.58. The van der Waals surface area contributed by atoms with Crippen LogP contribution in [0.4, 0.5) is 13.2 Å². The number of halogens is 3. The number of carbonyl (C=O) groups excluding carboxylic acids is 1. The zero-order chi connectivity index (χ0) is 28.0. The van der Waals surface area contributed by atoms with Gasteiger partial charge in [0.05, 0.1) is 5.69 Å². The Bertz CT molecular complexity index is 1270. The fourth-order valence-electron chi connectivity index (χ4n) is 5.58. The van der Waals surface area contributed by atoms with Gasteiger partial charge in [-0.25, -0.2) is 4.68 Å². The van der Waals surface area contributed by atoms with Crippen molar-refractivity contribution in [3.05, 3.63) is 82.7 Å². The number of nitrogens with zero attached hydrogens (tertiary/aromatic N) is 2. The number of ketones is 1. The minimum absolute atomic E-state index is 0.0728. The molecule has 1 saturated carbocycles. The van der Waals surface area contributed by atoms with Crippen LogP contribution in [0.3, 0.4) is 0 Å². The second kappa shape index (κ2) is 12.6. The molecule has 0 saturated heterocycles. The number of aliphatic carboxylic acids is 1. The number of Topliss-reactive ketones (excluding diaryl/α,β-unsaturated/α-hetero) is 1. The smallest absolute Gasteiger partial charge is 0.435 e. The Labute approximate surface area is 227 Å². The van der Waals surface area contributed by atoms with Crippen LogP contribution < -0.4 is 0 Å². The van der Waals surface area contributed by atoms with E-state index in [2.05, 4.69) is 17.2 Å². The van der Waals surface area contributed by atoms with E-state index in [0.717, 1.165) is 36.8 Å². The quantitative estimate of drug-likeness (QED) is 0.256. The fraction of sp³-hybridized carbons (Fsp3) is 0.452. The third-order valence-electron chi connectivity index (χ3n) is 7.73. The molecule has 1 aromatic heterocycles. The molecule has 0 spiro atoms. The Morgan fingerprint density at radius 2 is 1.69 bits per heavy atom. The lowest BCUT2D eigenvalue weighted by Gasteiger charge is -2.28. The van der Waals surface area contributed by atoms with Gasteiger partial charge in [0.25, 0.3) is 0 Å². The van der Waals surface area contributed by atoms with E-state index >= 15 is 0 Å². The van der Waals surface area contributed by atoms with Crippen molar-refractivity contribution < 1.29 is 27.9 Å². The minimum atomic E-state index is -4.54. The van der Waals surface area contributed by atoms with Crippen LogP contribution in [-0.2, 0) is 28.6 Å². The third-order valence-corrected chi connectivity index (χ3v) is 7.73. The molecule has 0 bridgehead atoms. The van der Waals surface area contributed by atoms with Gasteiger partial charge in [0.1, 0.15) is 5.78 Å². The second-order valence-electron chi connectivity index (χ2n) is 10.7. The zero-order valence-corrected chi connectivity index (χ0v) is 22.2. The Kier molecular flexibility index (Phi) is 9.25. The van der Waals surface area contributed by atoms with Gasteiger partial charge in [0, 0.05) is 31.0 Å². The summed E-state index contributed by atoms with van der Waals surface area (Å²) in [6, 6.07) is 15.3. The van der Waals surface area contributed by atoms with Crippen molar-refractivity contribution >= 4 is 11.8 Å². The molecular formula is C31H35F3N2O3. The summed E-state index contributed by atoms with van der Waals surface area (Å²) < 4.78 is 42.1. The summed E-state index contributed by atoms with van der Waals surface area (Å²) in [7, 11) is 0. The van der Waals surface area contributed by atoms with Crippen molar-refractivity contribution in [1.82, 2.24) is 9.78 Å². The number of para-hydroxylation sites is 1. The van der Waals surface area contributed by atoms with E-state index in [-0.39, 0.29) is 30.1 Å². The van der Waals surface area contributed by atoms with E-state index in [0.29, 0.717) is 37.3 Å². The maximum Gasteiger partial charge on any atom is 0.435 e. The van der Waals surface area contributed by atoms with Crippen molar-refractivity contribution in [2.24, 2.45) is 5.92 Å². The van der Waals surface area contributed by atoms with E-state index in [1.165, 1.54) is 16.4 Å². The molecule has 0 atom stereocenters. The van der Waals surface area contributed by atoms with Gasteiger partial charge in [0.2, 0.25) is 0 Å². The molecule has 8 heteroatoms. The number of alkyl halides is 3. The SMILES string of the molecule is Cc1ccccc1-n1cc(CCCCC(=O)Cc2ccc(C3CCC(CC(=O)O)CC3)cc2)c(C(F)(F)F)n1. The van der Waals surface area contributed by atoms with Crippen molar-refractivity contribution in [2.45, 2.75) is 83.2 Å². The van der Waals surface area contributed by atoms with E-state index < -0.39 is 17.8 Å². The molecule has 1 fully saturated rings. The van der Waals surface area contributed by atoms with E-state index in [1.54, 1.807) is 12.1 Å². The molecular weight excluding hydrogens is 505 g/mol. The topological polar surface area (TPSA) is 72.2 Å². The third kappa shape index (κ3) is 7.80. The van der Waals surface area contributed by atoms with Gasteiger partial charge in [-0.05, 0) is 86.5 Å². The summed E-state index contributed by atoms with van der Waals surface area (Å²) >= 11 is 0. The van der Waals surface area contributed by atoms with Crippen molar-refractivity contribution in [2.75, 3.05) is 0 Å². The average Bonchev–Trinajstić information content (AvgIpc) is 3.32. The summed E-state index contributed by atoms with van der Waals surface area (Å²) in [6.45, 7) is 1.83. The van der Waals surface area contributed by atoms with Crippen LogP contribution in [0, 0.1) is 12.8 Å². The molecule has 4 rings (SSSR count). The number of rotatable bonds is 11. The number of hydrogen-bond acceptors (Lipinski definition) is 3. The summed E-state index contributed by atoms with van der Waals surface area (Å²) in [6.07, 6.45) is 2.80. The van der Waals surface area contributed by atoms with Crippen molar-refractivity contribution in [3.63, 3.8) is 0 Å². The van der Waals surface area contributed by atoms with Gasteiger partial charge in [-0.15, -0.1) is 0 Å². The highest BCUT2D eigenvalue weighted by molar-refractivity contribution is 5.80. The standard InChI is InChI=1S/C31H35F3N2O3/c1-21-6-2-5-9-28(21)36-20-26(30(35-36)31(32,33)34)7-3-4-8-27(37)18-22-10-14-24(15-11-22)25-16-12-23(13-17-25)19-29(38)39/h2,5-6,9-11,14-15,20,23,25H,3-4,7-8,12-13,16-19H2,1H3,(H,38,39). The van der Waals surface area contributed by atoms with Crippen molar-refractivity contribution in [3.8, 4) is 5.69 Å². The largest absolute Gasteiger partial charge is 0.481 e. The summed E-state index contributed by atoms with van der Waals surface area (Å²) in [5.41, 5.74) is 2.88. The van der Waals surface area contributed by atoms with Crippen LogP contribution in [0.1, 0.15) is 85.2 Å². The Balaban J connectivity index is 1.25. The van der Waals surface area contributed by atoms with Crippen molar-refractivity contribution in [1.29, 1.82) is 0 Å². The van der Waals surface area contributed by atoms with E-state index in [9.17, 15) is 22.8 Å². The lowest BCUT2D eigenvalue weighted by atomic mass is 9.77. The molecule has 1 heterocycles. The number of carboxylic acids is 1.